The van der Waals surface area contributed by atoms with Crippen molar-refractivity contribution in [2.24, 2.45) is 0 Å². The number of hydrogen-bond acceptors (Lipinski definition) is 3. The fourth-order valence-electron chi connectivity index (χ4n) is 1.46. The van der Waals surface area contributed by atoms with Crippen LogP contribution in [-0.4, -0.2) is 13.1 Å². The predicted molar refractivity (Wildman–Crippen MR) is 57.1 cm³/mol. The second-order valence-electron chi connectivity index (χ2n) is 3.26. The van der Waals surface area contributed by atoms with E-state index in [1.54, 1.807) is 0 Å². The number of alkyl halides is 4. The summed E-state index contributed by atoms with van der Waals surface area (Å²) in [7, 11) is 0.962. The molecule has 0 atom stereocenters. The molecule has 0 saturated heterocycles. The largest absolute Gasteiger partial charge is 0.465 e. The number of methoxy groups -OCH3 is 1. The molecule has 18 heavy (non-hydrogen) atoms. The first-order valence-corrected chi connectivity index (χ1v) is 5.17. The second-order valence-corrected chi connectivity index (χ2v) is 3.52. The number of carbonyl (C=O) groups excluding carboxylic acids is 1. The monoisotopic (exact) mass is 277 g/mol. The van der Waals surface area contributed by atoms with E-state index in [1.807, 2.05) is 0 Å². The van der Waals surface area contributed by atoms with Gasteiger partial charge in [0.05, 0.1) is 23.8 Å². The molecule has 0 spiro atoms. The van der Waals surface area contributed by atoms with Gasteiger partial charge in [-0.2, -0.15) is 18.4 Å². The van der Waals surface area contributed by atoms with E-state index in [9.17, 15) is 18.0 Å². The summed E-state index contributed by atoms with van der Waals surface area (Å²) < 4.78 is 43.0. The Bertz CT molecular complexity index is 520. The maximum atomic E-state index is 12.9. The molecule has 0 aliphatic rings. The van der Waals surface area contributed by atoms with Gasteiger partial charge in [0.1, 0.15) is 6.07 Å². The smallest absolute Gasteiger partial charge is 0.418 e. The fourth-order valence-corrected chi connectivity index (χ4v) is 1.68. The van der Waals surface area contributed by atoms with Gasteiger partial charge in [-0.25, -0.2) is 4.79 Å². The minimum atomic E-state index is -4.84. The molecule has 0 saturated carbocycles. The summed E-state index contributed by atoms with van der Waals surface area (Å²) in [4.78, 5) is 11.3. The highest BCUT2D eigenvalue weighted by atomic mass is 35.5. The van der Waals surface area contributed by atoms with Crippen LogP contribution < -0.4 is 0 Å². The van der Waals surface area contributed by atoms with E-state index in [2.05, 4.69) is 4.74 Å². The first-order chi connectivity index (χ1) is 8.36. The van der Waals surface area contributed by atoms with Crippen molar-refractivity contribution < 1.29 is 22.7 Å². The average molecular weight is 278 g/mol. The minimum Gasteiger partial charge on any atom is -0.465 e. The molecular weight excluding hydrogens is 271 g/mol. The summed E-state index contributed by atoms with van der Waals surface area (Å²) >= 11 is 5.46. The first-order valence-electron chi connectivity index (χ1n) is 4.64. The number of halogens is 4. The van der Waals surface area contributed by atoms with Crippen molar-refractivity contribution in [1.82, 2.24) is 0 Å². The number of nitrogens with zero attached hydrogens (tertiary/aromatic N) is 1. The van der Waals surface area contributed by atoms with Gasteiger partial charge in [0, 0.05) is 5.88 Å². The average Bonchev–Trinajstić information content (AvgIpc) is 2.34. The third-order valence-corrected chi connectivity index (χ3v) is 2.52. The molecular formula is C11H7ClF3NO2. The summed E-state index contributed by atoms with van der Waals surface area (Å²) in [5.74, 6) is -1.41. The Morgan fingerprint density at radius 1 is 1.50 bits per heavy atom. The minimum absolute atomic E-state index is 0.0131. The third-order valence-electron chi connectivity index (χ3n) is 2.24. The van der Waals surface area contributed by atoms with Crippen molar-refractivity contribution in [3.63, 3.8) is 0 Å². The van der Waals surface area contributed by atoms with Gasteiger partial charge in [0.15, 0.2) is 0 Å². The van der Waals surface area contributed by atoms with Gasteiger partial charge in [-0.15, -0.1) is 11.6 Å². The van der Waals surface area contributed by atoms with Crippen LogP contribution in [0, 0.1) is 11.3 Å². The third kappa shape index (κ3) is 2.57. The number of ether oxygens (including phenoxy) is 1. The Balaban J connectivity index is 3.67. The molecule has 1 rings (SSSR count). The fraction of sp³-hybridized carbons (Fsp3) is 0.273. The van der Waals surface area contributed by atoms with Crippen LogP contribution in [0.2, 0.25) is 0 Å². The lowest BCUT2D eigenvalue weighted by Crippen LogP contribution is -2.17. The normalized spacial score (nSPS) is 10.9. The van der Waals surface area contributed by atoms with E-state index in [1.165, 1.54) is 12.1 Å². The van der Waals surface area contributed by atoms with Crippen LogP contribution >= 0.6 is 11.6 Å². The summed E-state index contributed by atoms with van der Waals surface area (Å²) in [6, 6.07) is 3.58. The van der Waals surface area contributed by atoms with Crippen molar-refractivity contribution >= 4 is 17.6 Å². The van der Waals surface area contributed by atoms with E-state index >= 15 is 0 Å². The maximum absolute atomic E-state index is 12.9. The van der Waals surface area contributed by atoms with E-state index in [0.717, 1.165) is 13.2 Å². The Kier molecular flexibility index (Phi) is 4.19. The molecule has 3 nitrogen and oxygen atoms in total. The van der Waals surface area contributed by atoms with Crippen LogP contribution in [0.25, 0.3) is 0 Å². The lowest BCUT2D eigenvalue weighted by molar-refractivity contribution is -0.138. The van der Waals surface area contributed by atoms with E-state index in [4.69, 9.17) is 16.9 Å². The molecule has 0 aliphatic heterocycles. The van der Waals surface area contributed by atoms with Gasteiger partial charge in [0.25, 0.3) is 0 Å². The standard InChI is InChI=1S/C11H7ClF3NO2/c1-18-10(17)7-3-2-6(4-12)8(5-16)9(7)11(13,14)15/h2-3H,4H2,1H3. The lowest BCUT2D eigenvalue weighted by Gasteiger charge is -2.15. The van der Waals surface area contributed by atoms with Crippen LogP contribution in [0.4, 0.5) is 13.2 Å². The number of carbonyl (C=O) groups is 1. The molecule has 0 radical (unpaired) electrons. The number of esters is 1. The van der Waals surface area contributed by atoms with Gasteiger partial charge >= 0.3 is 12.1 Å². The van der Waals surface area contributed by atoms with Gasteiger partial charge in [-0.1, -0.05) is 6.07 Å². The van der Waals surface area contributed by atoms with Crippen LogP contribution in [0.5, 0.6) is 0 Å². The van der Waals surface area contributed by atoms with Crippen molar-refractivity contribution in [3.05, 3.63) is 34.4 Å². The highest BCUT2D eigenvalue weighted by molar-refractivity contribution is 6.17. The molecule has 0 aromatic heterocycles. The molecule has 0 heterocycles. The van der Waals surface area contributed by atoms with E-state index < -0.39 is 28.8 Å². The van der Waals surface area contributed by atoms with Crippen molar-refractivity contribution in [1.29, 1.82) is 5.26 Å². The zero-order chi connectivity index (χ0) is 13.9. The van der Waals surface area contributed by atoms with Crippen molar-refractivity contribution in [2.75, 3.05) is 7.11 Å². The van der Waals surface area contributed by atoms with Crippen molar-refractivity contribution in [3.8, 4) is 6.07 Å². The SMILES string of the molecule is COC(=O)c1ccc(CCl)c(C#N)c1C(F)(F)F. The van der Waals surface area contributed by atoms with Crippen LogP contribution in [0.3, 0.4) is 0 Å². The van der Waals surface area contributed by atoms with Crippen LogP contribution in [0.15, 0.2) is 12.1 Å². The zero-order valence-corrected chi connectivity index (χ0v) is 9.89. The van der Waals surface area contributed by atoms with Crippen LogP contribution in [0.1, 0.15) is 27.0 Å². The van der Waals surface area contributed by atoms with Gasteiger partial charge in [-0.05, 0) is 11.6 Å². The van der Waals surface area contributed by atoms with Crippen LogP contribution in [-0.2, 0) is 16.8 Å². The van der Waals surface area contributed by atoms with Gasteiger partial charge in [0.2, 0.25) is 0 Å². The molecule has 0 N–H and O–H groups in total. The van der Waals surface area contributed by atoms with Crippen molar-refractivity contribution in [2.45, 2.75) is 12.1 Å². The molecule has 96 valence electrons. The molecule has 7 heteroatoms. The second kappa shape index (κ2) is 5.27. The molecule has 1 aromatic carbocycles. The summed E-state index contributed by atoms with van der Waals surface area (Å²) in [6.07, 6.45) is -4.84. The summed E-state index contributed by atoms with van der Waals surface area (Å²) in [5, 5.41) is 8.81. The predicted octanol–water partition coefficient (Wildman–Crippen LogP) is 3.10. The Hall–Kier alpha value is -1.74. The Labute approximate surface area is 106 Å². The number of hydrogen-bond donors (Lipinski definition) is 0. The molecule has 0 amide bonds. The first kappa shape index (κ1) is 14.3. The quantitative estimate of drug-likeness (QED) is 0.616. The summed E-state index contributed by atoms with van der Waals surface area (Å²) in [5.41, 5.74) is -2.65. The number of rotatable bonds is 2. The number of nitriles is 1. The highest BCUT2D eigenvalue weighted by Crippen LogP contribution is 2.36. The number of benzene rings is 1. The van der Waals surface area contributed by atoms with E-state index in [0.29, 0.717) is 0 Å². The lowest BCUT2D eigenvalue weighted by atomic mass is 9.97. The molecule has 0 unspecified atom stereocenters. The highest BCUT2D eigenvalue weighted by Gasteiger charge is 2.39. The Morgan fingerprint density at radius 2 is 2.11 bits per heavy atom. The summed E-state index contributed by atoms with van der Waals surface area (Å²) in [6.45, 7) is 0. The van der Waals surface area contributed by atoms with Gasteiger partial charge < -0.3 is 4.74 Å². The maximum Gasteiger partial charge on any atom is 0.418 e. The topological polar surface area (TPSA) is 50.1 Å². The molecule has 0 bridgehead atoms. The molecule has 0 fully saturated rings. The zero-order valence-electron chi connectivity index (χ0n) is 9.14. The Morgan fingerprint density at radius 3 is 2.50 bits per heavy atom. The van der Waals surface area contributed by atoms with Gasteiger partial charge in [-0.3, -0.25) is 0 Å². The van der Waals surface area contributed by atoms with E-state index in [-0.39, 0.29) is 11.4 Å². The molecule has 0 aliphatic carbocycles. The molecule has 1 aromatic rings.